The third-order valence-electron chi connectivity index (χ3n) is 4.24. The van der Waals surface area contributed by atoms with Gasteiger partial charge in [0, 0.05) is 0 Å². The van der Waals surface area contributed by atoms with Crippen LogP contribution in [0.5, 0.6) is 0 Å². The average molecular weight is 198 g/mol. The van der Waals surface area contributed by atoms with Crippen molar-refractivity contribution in [3.05, 3.63) is 0 Å². The molecule has 1 unspecified atom stereocenters. The van der Waals surface area contributed by atoms with Gasteiger partial charge in [0.05, 0.1) is 12.0 Å². The van der Waals surface area contributed by atoms with Crippen molar-refractivity contribution in [2.24, 2.45) is 5.41 Å². The summed E-state index contributed by atoms with van der Waals surface area (Å²) < 4.78 is 0. The minimum absolute atomic E-state index is 0.0502. The Morgan fingerprint density at radius 3 is 2.21 bits per heavy atom. The standard InChI is InChI=1S/C11H18O3/c12-9(13)8-11(14)7-3-6-10(11)4-1-2-5-10/h14H,1-8H2,(H,12,13). The van der Waals surface area contributed by atoms with Gasteiger partial charge in [0.25, 0.3) is 0 Å². The molecule has 14 heavy (non-hydrogen) atoms. The number of carboxylic acids is 1. The topological polar surface area (TPSA) is 57.5 Å². The maximum atomic E-state index is 10.7. The first-order valence-electron chi connectivity index (χ1n) is 5.52. The third kappa shape index (κ3) is 1.34. The molecule has 2 aliphatic rings. The SMILES string of the molecule is O=C(O)CC1(O)CCCC12CCCC2. The van der Waals surface area contributed by atoms with E-state index in [9.17, 15) is 9.90 Å². The van der Waals surface area contributed by atoms with E-state index in [1.807, 2.05) is 0 Å². The molecular formula is C11H18O3. The van der Waals surface area contributed by atoms with Crippen LogP contribution in [0.25, 0.3) is 0 Å². The van der Waals surface area contributed by atoms with Gasteiger partial charge in [0.2, 0.25) is 0 Å². The third-order valence-corrected chi connectivity index (χ3v) is 4.24. The molecule has 2 fully saturated rings. The van der Waals surface area contributed by atoms with Gasteiger partial charge in [-0.15, -0.1) is 0 Å². The van der Waals surface area contributed by atoms with E-state index in [4.69, 9.17) is 5.11 Å². The first kappa shape index (κ1) is 9.97. The molecule has 0 aromatic heterocycles. The lowest BCUT2D eigenvalue weighted by Gasteiger charge is -2.38. The van der Waals surface area contributed by atoms with Gasteiger partial charge in [-0.3, -0.25) is 4.79 Å². The molecule has 80 valence electrons. The van der Waals surface area contributed by atoms with E-state index in [2.05, 4.69) is 0 Å². The summed E-state index contributed by atoms with van der Waals surface area (Å²) in [5, 5.41) is 19.3. The maximum Gasteiger partial charge on any atom is 0.306 e. The highest BCUT2D eigenvalue weighted by Crippen LogP contribution is 2.57. The molecule has 2 saturated carbocycles. The summed E-state index contributed by atoms with van der Waals surface area (Å²) >= 11 is 0. The second kappa shape index (κ2) is 3.23. The molecule has 0 aromatic carbocycles. The summed E-state index contributed by atoms with van der Waals surface area (Å²) in [5.74, 6) is -0.860. The summed E-state index contributed by atoms with van der Waals surface area (Å²) in [5.41, 5.74) is -0.958. The fourth-order valence-electron chi connectivity index (χ4n) is 3.51. The number of carbonyl (C=O) groups is 1. The molecular weight excluding hydrogens is 180 g/mol. The molecule has 2 N–H and O–H groups in total. The van der Waals surface area contributed by atoms with Crippen LogP contribution in [0, 0.1) is 5.41 Å². The van der Waals surface area contributed by atoms with Crippen LogP contribution in [0.2, 0.25) is 0 Å². The van der Waals surface area contributed by atoms with Crippen LogP contribution in [0.15, 0.2) is 0 Å². The second-order valence-electron chi connectivity index (χ2n) is 4.94. The van der Waals surface area contributed by atoms with E-state index in [1.165, 1.54) is 0 Å². The van der Waals surface area contributed by atoms with Crippen LogP contribution in [-0.4, -0.2) is 21.8 Å². The van der Waals surface area contributed by atoms with Gasteiger partial charge in [-0.25, -0.2) is 0 Å². The normalized spacial score (nSPS) is 35.2. The molecule has 0 bridgehead atoms. The molecule has 0 radical (unpaired) electrons. The van der Waals surface area contributed by atoms with E-state index in [1.54, 1.807) is 0 Å². The molecule has 2 aliphatic carbocycles. The van der Waals surface area contributed by atoms with Crippen LogP contribution in [0.4, 0.5) is 0 Å². The first-order chi connectivity index (χ1) is 6.58. The van der Waals surface area contributed by atoms with Crippen molar-refractivity contribution in [1.82, 2.24) is 0 Å². The Morgan fingerprint density at radius 1 is 1.07 bits per heavy atom. The lowest BCUT2D eigenvalue weighted by atomic mass is 9.71. The number of carboxylic acid groups (broad SMARTS) is 1. The van der Waals surface area contributed by atoms with Crippen molar-refractivity contribution in [3.8, 4) is 0 Å². The molecule has 0 amide bonds. The van der Waals surface area contributed by atoms with Gasteiger partial charge < -0.3 is 10.2 Å². The van der Waals surface area contributed by atoms with E-state index in [0.717, 1.165) is 38.5 Å². The zero-order valence-electron chi connectivity index (χ0n) is 8.46. The monoisotopic (exact) mass is 198 g/mol. The summed E-state index contributed by atoms with van der Waals surface area (Å²) in [7, 11) is 0. The highest BCUT2D eigenvalue weighted by Gasteiger charge is 2.55. The summed E-state index contributed by atoms with van der Waals surface area (Å²) in [6.45, 7) is 0. The van der Waals surface area contributed by atoms with Crippen LogP contribution >= 0.6 is 0 Å². The van der Waals surface area contributed by atoms with Crippen molar-refractivity contribution < 1.29 is 15.0 Å². The summed E-state index contributed by atoms with van der Waals surface area (Å²) in [6, 6.07) is 0. The molecule has 1 atom stereocenters. The second-order valence-corrected chi connectivity index (χ2v) is 4.94. The fourth-order valence-corrected chi connectivity index (χ4v) is 3.51. The number of hydrogen-bond acceptors (Lipinski definition) is 2. The molecule has 0 aliphatic heterocycles. The first-order valence-corrected chi connectivity index (χ1v) is 5.52. The molecule has 0 heterocycles. The van der Waals surface area contributed by atoms with Crippen LogP contribution in [-0.2, 0) is 4.79 Å². The number of aliphatic hydroxyl groups is 1. The van der Waals surface area contributed by atoms with E-state index in [-0.39, 0.29) is 11.8 Å². The predicted molar refractivity (Wildman–Crippen MR) is 52.0 cm³/mol. The summed E-state index contributed by atoms with van der Waals surface area (Å²) in [6.07, 6.45) is 6.99. The van der Waals surface area contributed by atoms with E-state index >= 15 is 0 Å². The van der Waals surface area contributed by atoms with Crippen molar-refractivity contribution in [1.29, 1.82) is 0 Å². The number of hydrogen-bond donors (Lipinski definition) is 2. The highest BCUT2D eigenvalue weighted by atomic mass is 16.4. The van der Waals surface area contributed by atoms with Crippen molar-refractivity contribution in [2.75, 3.05) is 0 Å². The molecule has 2 rings (SSSR count). The minimum Gasteiger partial charge on any atom is -0.481 e. The van der Waals surface area contributed by atoms with Gasteiger partial charge >= 0.3 is 5.97 Å². The predicted octanol–water partition coefficient (Wildman–Crippen LogP) is 1.94. The van der Waals surface area contributed by atoms with E-state index in [0.29, 0.717) is 6.42 Å². The Morgan fingerprint density at radius 2 is 1.64 bits per heavy atom. The van der Waals surface area contributed by atoms with Crippen LogP contribution < -0.4 is 0 Å². The van der Waals surface area contributed by atoms with Crippen LogP contribution in [0.1, 0.15) is 51.4 Å². The van der Waals surface area contributed by atoms with Gasteiger partial charge in [-0.2, -0.15) is 0 Å². The van der Waals surface area contributed by atoms with E-state index < -0.39 is 11.6 Å². The zero-order valence-corrected chi connectivity index (χ0v) is 8.46. The van der Waals surface area contributed by atoms with Gasteiger partial charge in [-0.05, 0) is 37.5 Å². The Kier molecular flexibility index (Phi) is 2.30. The molecule has 3 heteroatoms. The zero-order chi connectivity index (χ0) is 10.2. The Labute approximate surface area is 84.1 Å². The molecule has 0 aromatic rings. The Bertz CT molecular complexity index is 237. The molecule has 3 nitrogen and oxygen atoms in total. The summed E-state index contributed by atoms with van der Waals surface area (Å²) in [4.78, 5) is 10.7. The number of rotatable bonds is 2. The fraction of sp³-hybridized carbons (Fsp3) is 0.909. The van der Waals surface area contributed by atoms with Crippen LogP contribution in [0.3, 0.4) is 0 Å². The van der Waals surface area contributed by atoms with Gasteiger partial charge in [0.1, 0.15) is 0 Å². The Hall–Kier alpha value is -0.570. The number of aliphatic carboxylic acids is 1. The minimum atomic E-state index is -0.907. The lowest BCUT2D eigenvalue weighted by molar-refractivity contribution is -0.148. The van der Waals surface area contributed by atoms with Crippen molar-refractivity contribution in [2.45, 2.75) is 57.0 Å². The quantitative estimate of drug-likeness (QED) is 0.712. The maximum absolute atomic E-state index is 10.7. The smallest absolute Gasteiger partial charge is 0.306 e. The van der Waals surface area contributed by atoms with Crippen molar-refractivity contribution in [3.63, 3.8) is 0 Å². The molecule has 0 saturated heterocycles. The average Bonchev–Trinajstić information content (AvgIpc) is 2.62. The van der Waals surface area contributed by atoms with Gasteiger partial charge in [-0.1, -0.05) is 12.8 Å². The van der Waals surface area contributed by atoms with Gasteiger partial charge in [0.15, 0.2) is 0 Å². The highest BCUT2D eigenvalue weighted by molar-refractivity contribution is 5.68. The lowest BCUT2D eigenvalue weighted by Crippen LogP contribution is -2.43. The van der Waals surface area contributed by atoms with Crippen molar-refractivity contribution >= 4 is 5.97 Å². The Balaban J connectivity index is 2.19. The largest absolute Gasteiger partial charge is 0.481 e. The molecule has 1 spiro atoms.